The van der Waals surface area contributed by atoms with E-state index in [1.807, 2.05) is 30.0 Å². The van der Waals surface area contributed by atoms with Crippen molar-refractivity contribution in [2.75, 3.05) is 13.7 Å². The second-order valence-electron chi connectivity index (χ2n) is 5.71. The predicted molar refractivity (Wildman–Crippen MR) is 86.1 cm³/mol. The van der Waals surface area contributed by atoms with Crippen LogP contribution in [0.1, 0.15) is 45.2 Å². The van der Waals surface area contributed by atoms with Crippen LogP contribution in [0.5, 0.6) is 11.5 Å². The van der Waals surface area contributed by atoms with Crippen LogP contribution in [-0.2, 0) is 4.79 Å². The Morgan fingerprint density at radius 2 is 2.09 bits per heavy atom. The Morgan fingerprint density at radius 1 is 1.36 bits per heavy atom. The average molecular weight is 306 g/mol. The van der Waals surface area contributed by atoms with Crippen molar-refractivity contribution in [3.63, 3.8) is 0 Å². The fourth-order valence-electron chi connectivity index (χ4n) is 3.05. The number of likely N-dealkylation sites (tertiary alicyclic amines) is 1. The number of methoxy groups -OCH3 is 1. The van der Waals surface area contributed by atoms with Crippen LogP contribution >= 0.6 is 0 Å². The van der Waals surface area contributed by atoms with Crippen LogP contribution in [0, 0.1) is 0 Å². The second-order valence-corrected chi connectivity index (χ2v) is 5.71. The third-order valence-corrected chi connectivity index (χ3v) is 4.30. The molecule has 5 nitrogen and oxygen atoms in total. The summed E-state index contributed by atoms with van der Waals surface area (Å²) in [6.45, 7) is 6.64. The molecule has 0 spiro atoms. The second kappa shape index (κ2) is 7.01. The average Bonchev–Trinajstić information content (AvgIpc) is 2.81. The van der Waals surface area contributed by atoms with Crippen molar-refractivity contribution in [3.05, 3.63) is 23.8 Å². The highest BCUT2D eigenvalue weighted by atomic mass is 16.5. The van der Waals surface area contributed by atoms with Gasteiger partial charge in [-0.1, -0.05) is 13.0 Å². The van der Waals surface area contributed by atoms with Gasteiger partial charge in [0, 0.05) is 18.5 Å². The van der Waals surface area contributed by atoms with Crippen LogP contribution in [0.4, 0.5) is 0 Å². The quantitative estimate of drug-likeness (QED) is 0.877. The van der Waals surface area contributed by atoms with Gasteiger partial charge in [-0.05, 0) is 38.0 Å². The largest absolute Gasteiger partial charge is 0.493 e. The number of hydrogen-bond donors (Lipinski definition) is 1. The monoisotopic (exact) mass is 306 g/mol. The molecule has 122 valence electrons. The summed E-state index contributed by atoms with van der Waals surface area (Å²) >= 11 is 0. The summed E-state index contributed by atoms with van der Waals surface area (Å²) in [7, 11) is 1.62. The molecule has 0 saturated carbocycles. The molecule has 1 aromatic carbocycles. The van der Waals surface area contributed by atoms with Gasteiger partial charge in [0.05, 0.1) is 19.8 Å². The molecule has 0 aromatic heterocycles. The van der Waals surface area contributed by atoms with Crippen molar-refractivity contribution >= 4 is 5.91 Å². The van der Waals surface area contributed by atoms with Crippen LogP contribution in [0.2, 0.25) is 0 Å². The minimum Gasteiger partial charge on any atom is -0.493 e. The van der Waals surface area contributed by atoms with Crippen LogP contribution < -0.4 is 15.2 Å². The molecule has 3 unspecified atom stereocenters. The molecule has 2 rings (SSSR count). The molecule has 1 aromatic rings. The van der Waals surface area contributed by atoms with Gasteiger partial charge >= 0.3 is 0 Å². The topological polar surface area (TPSA) is 64.8 Å². The van der Waals surface area contributed by atoms with Gasteiger partial charge in [0.1, 0.15) is 0 Å². The molecule has 1 aliphatic rings. The first kappa shape index (κ1) is 16.6. The number of benzene rings is 1. The third-order valence-electron chi connectivity index (χ3n) is 4.30. The fraction of sp³-hybridized carbons (Fsp3) is 0.588. The number of carbonyl (C=O) groups excluding carboxylic acids is 1. The van der Waals surface area contributed by atoms with Gasteiger partial charge in [-0.25, -0.2) is 0 Å². The first-order chi connectivity index (χ1) is 10.5. The first-order valence-electron chi connectivity index (χ1n) is 7.90. The highest BCUT2D eigenvalue weighted by Crippen LogP contribution is 2.38. The van der Waals surface area contributed by atoms with E-state index in [-0.39, 0.29) is 24.0 Å². The molecule has 0 bridgehead atoms. The Hall–Kier alpha value is -1.75. The zero-order valence-electron chi connectivity index (χ0n) is 13.8. The molecule has 1 heterocycles. The molecular formula is C17H26N2O3. The Bertz CT molecular complexity index is 533. The van der Waals surface area contributed by atoms with Gasteiger partial charge in [0.25, 0.3) is 0 Å². The number of nitrogens with two attached hydrogens (primary N) is 1. The van der Waals surface area contributed by atoms with Gasteiger partial charge in [0.2, 0.25) is 5.91 Å². The lowest BCUT2D eigenvalue weighted by atomic mass is 9.99. The molecule has 1 saturated heterocycles. The molecule has 1 fully saturated rings. The van der Waals surface area contributed by atoms with Crippen molar-refractivity contribution in [3.8, 4) is 11.5 Å². The van der Waals surface area contributed by atoms with Gasteiger partial charge in [-0.3, -0.25) is 4.79 Å². The van der Waals surface area contributed by atoms with Crippen molar-refractivity contribution in [1.82, 2.24) is 4.90 Å². The van der Waals surface area contributed by atoms with E-state index in [0.29, 0.717) is 24.5 Å². The molecule has 22 heavy (non-hydrogen) atoms. The maximum Gasteiger partial charge on any atom is 0.225 e. The van der Waals surface area contributed by atoms with Crippen LogP contribution in [0.25, 0.3) is 0 Å². The molecule has 1 amide bonds. The predicted octanol–water partition coefficient (Wildman–Crippen LogP) is 2.49. The normalized spacial score (nSPS) is 22.8. The van der Waals surface area contributed by atoms with E-state index < -0.39 is 0 Å². The van der Waals surface area contributed by atoms with Gasteiger partial charge in [-0.2, -0.15) is 0 Å². The number of hydrogen-bond acceptors (Lipinski definition) is 4. The minimum absolute atomic E-state index is 0.104. The van der Waals surface area contributed by atoms with Crippen LogP contribution in [-0.4, -0.2) is 36.6 Å². The molecule has 5 heteroatoms. The van der Waals surface area contributed by atoms with E-state index >= 15 is 0 Å². The summed E-state index contributed by atoms with van der Waals surface area (Å²) in [5, 5.41) is 0. The summed E-state index contributed by atoms with van der Waals surface area (Å²) in [4.78, 5) is 14.2. The van der Waals surface area contributed by atoms with E-state index in [2.05, 4.69) is 13.8 Å². The molecular weight excluding hydrogens is 280 g/mol. The van der Waals surface area contributed by atoms with E-state index in [4.69, 9.17) is 15.2 Å². The van der Waals surface area contributed by atoms with E-state index in [1.165, 1.54) is 0 Å². The molecule has 0 aliphatic carbocycles. The van der Waals surface area contributed by atoms with Crippen molar-refractivity contribution in [2.45, 2.75) is 51.7 Å². The number of ether oxygens (including phenoxy) is 2. The SMILES string of the molecule is CCOc1cc(C2C(N)CC(=O)N2C(C)CC)ccc1OC. The smallest absolute Gasteiger partial charge is 0.225 e. The molecule has 0 radical (unpaired) electrons. The van der Waals surface area contributed by atoms with Gasteiger partial charge in [-0.15, -0.1) is 0 Å². The maximum atomic E-state index is 12.3. The Kier molecular flexibility index (Phi) is 5.29. The number of nitrogens with zero attached hydrogens (tertiary/aromatic N) is 1. The Morgan fingerprint density at radius 3 is 2.68 bits per heavy atom. The highest BCUT2D eigenvalue weighted by molar-refractivity contribution is 5.80. The Balaban J connectivity index is 2.39. The number of amides is 1. The lowest BCUT2D eigenvalue weighted by molar-refractivity contribution is -0.131. The maximum absolute atomic E-state index is 12.3. The lowest BCUT2D eigenvalue weighted by Gasteiger charge is -2.32. The zero-order chi connectivity index (χ0) is 16.3. The standard InChI is InChI=1S/C17H26N2O3/c1-5-11(3)19-16(20)10-13(18)17(19)12-7-8-14(21-4)15(9-12)22-6-2/h7-9,11,13,17H,5-6,10,18H2,1-4H3. The minimum atomic E-state index is -0.190. The number of rotatable bonds is 6. The number of carbonyl (C=O) groups is 1. The lowest BCUT2D eigenvalue weighted by Crippen LogP contribution is -2.38. The van der Waals surface area contributed by atoms with E-state index in [0.717, 1.165) is 12.0 Å². The molecule has 1 aliphatic heterocycles. The summed E-state index contributed by atoms with van der Waals surface area (Å²) < 4.78 is 11.0. The van der Waals surface area contributed by atoms with Crippen molar-refractivity contribution in [1.29, 1.82) is 0 Å². The molecule has 3 atom stereocenters. The fourth-order valence-corrected chi connectivity index (χ4v) is 3.05. The first-order valence-corrected chi connectivity index (χ1v) is 7.90. The summed E-state index contributed by atoms with van der Waals surface area (Å²) in [5.41, 5.74) is 7.25. The van der Waals surface area contributed by atoms with E-state index in [9.17, 15) is 4.79 Å². The van der Waals surface area contributed by atoms with E-state index in [1.54, 1.807) is 7.11 Å². The summed E-state index contributed by atoms with van der Waals surface area (Å²) in [6.07, 6.45) is 1.30. The highest BCUT2D eigenvalue weighted by Gasteiger charge is 2.40. The van der Waals surface area contributed by atoms with Crippen LogP contribution in [0.3, 0.4) is 0 Å². The third kappa shape index (κ3) is 3.04. The van der Waals surface area contributed by atoms with Crippen molar-refractivity contribution < 1.29 is 14.3 Å². The summed E-state index contributed by atoms with van der Waals surface area (Å²) in [6, 6.07) is 5.67. The summed E-state index contributed by atoms with van der Waals surface area (Å²) in [5.74, 6) is 1.51. The van der Waals surface area contributed by atoms with Crippen molar-refractivity contribution in [2.24, 2.45) is 5.73 Å². The van der Waals surface area contributed by atoms with Crippen LogP contribution in [0.15, 0.2) is 18.2 Å². The molecule has 2 N–H and O–H groups in total. The van der Waals surface area contributed by atoms with Gasteiger partial charge in [0.15, 0.2) is 11.5 Å². The Labute approximate surface area is 132 Å². The van der Waals surface area contributed by atoms with Gasteiger partial charge < -0.3 is 20.1 Å². The zero-order valence-corrected chi connectivity index (χ0v) is 13.8.